The Kier molecular flexibility index (Phi) is 5.51. The van der Waals surface area contributed by atoms with E-state index in [1.54, 1.807) is 6.08 Å². The molecule has 5 nitrogen and oxygen atoms in total. The third-order valence-electron chi connectivity index (χ3n) is 5.01. The maximum absolute atomic E-state index is 13.3. The summed E-state index contributed by atoms with van der Waals surface area (Å²) in [5, 5.41) is 6.44. The number of ether oxygens (including phenoxy) is 1. The smallest absolute Gasteiger partial charge is 0.278 e. The van der Waals surface area contributed by atoms with Gasteiger partial charge in [-0.05, 0) is 37.3 Å². The quantitative estimate of drug-likeness (QED) is 0.779. The van der Waals surface area contributed by atoms with Gasteiger partial charge < -0.3 is 15.4 Å². The number of aliphatic imine (C=N–C) groups is 1. The lowest BCUT2D eigenvalue weighted by Gasteiger charge is -2.39. The van der Waals surface area contributed by atoms with Gasteiger partial charge in [0.1, 0.15) is 5.84 Å². The highest BCUT2D eigenvalue weighted by Gasteiger charge is 2.43. The molecule has 0 saturated carbocycles. The highest BCUT2D eigenvalue weighted by Crippen LogP contribution is 2.25. The lowest BCUT2D eigenvalue weighted by atomic mass is 9.84. The van der Waals surface area contributed by atoms with Gasteiger partial charge in [0.2, 0.25) is 5.72 Å². The topological polar surface area (TPSA) is 62.7 Å². The van der Waals surface area contributed by atoms with Crippen LogP contribution in [-0.4, -0.2) is 36.7 Å². The van der Waals surface area contributed by atoms with Crippen LogP contribution < -0.4 is 10.6 Å². The SMILES string of the molecule is COC1(C(=O)NC(C)(Cc2ccccc2)CC(C)C)C=CC2=CCN=C2N1. The van der Waals surface area contributed by atoms with Crippen LogP contribution in [0, 0.1) is 5.92 Å². The molecule has 2 atom stereocenters. The van der Waals surface area contributed by atoms with E-state index in [-0.39, 0.29) is 11.4 Å². The standard InChI is InChI=1S/C22H29N3O2/c1-16(2)14-21(3,15-17-8-6-5-7-9-17)25-20(26)22(27-4)12-10-18-11-13-23-19(18)24-22/h5-12,16H,13-15H2,1-4H3,(H,23,24)(H,25,26). The molecule has 0 aromatic heterocycles. The molecule has 2 unspecified atom stereocenters. The first-order valence-electron chi connectivity index (χ1n) is 9.50. The number of amides is 1. The zero-order valence-corrected chi connectivity index (χ0v) is 16.6. The van der Waals surface area contributed by atoms with E-state index in [0.717, 1.165) is 18.4 Å². The Morgan fingerprint density at radius 3 is 2.78 bits per heavy atom. The molecule has 5 heteroatoms. The molecule has 0 radical (unpaired) electrons. The Bertz CT molecular complexity index is 782. The molecule has 0 bridgehead atoms. The molecule has 0 aliphatic carbocycles. The maximum Gasteiger partial charge on any atom is 0.278 e. The Labute approximate surface area is 161 Å². The van der Waals surface area contributed by atoms with Crippen molar-refractivity contribution < 1.29 is 9.53 Å². The molecule has 1 aromatic carbocycles. The number of benzene rings is 1. The summed E-state index contributed by atoms with van der Waals surface area (Å²) in [5.41, 5.74) is 0.575. The number of fused-ring (bicyclic) bond motifs is 1. The van der Waals surface area contributed by atoms with Crippen LogP contribution in [0.5, 0.6) is 0 Å². The fourth-order valence-electron chi connectivity index (χ4n) is 3.93. The summed E-state index contributed by atoms with van der Waals surface area (Å²) in [6, 6.07) is 10.3. The van der Waals surface area contributed by atoms with Crippen LogP contribution in [0.4, 0.5) is 0 Å². The van der Waals surface area contributed by atoms with Crippen LogP contribution in [0.25, 0.3) is 0 Å². The van der Waals surface area contributed by atoms with Crippen molar-refractivity contribution in [2.24, 2.45) is 10.9 Å². The van der Waals surface area contributed by atoms with Gasteiger partial charge in [-0.25, -0.2) is 0 Å². The third-order valence-corrected chi connectivity index (χ3v) is 5.01. The van der Waals surface area contributed by atoms with Gasteiger partial charge in [0.05, 0.1) is 6.54 Å². The summed E-state index contributed by atoms with van der Waals surface area (Å²) in [6.07, 6.45) is 7.32. The molecule has 2 N–H and O–H groups in total. The summed E-state index contributed by atoms with van der Waals surface area (Å²) in [5.74, 6) is 0.957. The van der Waals surface area contributed by atoms with Crippen molar-refractivity contribution in [3.05, 3.63) is 59.7 Å². The van der Waals surface area contributed by atoms with Gasteiger partial charge in [0.15, 0.2) is 0 Å². The predicted molar refractivity (Wildman–Crippen MR) is 109 cm³/mol. The number of nitrogens with one attached hydrogen (secondary N) is 2. The number of methoxy groups -OCH3 is 1. The fraction of sp³-hybridized carbons (Fsp3) is 0.455. The van der Waals surface area contributed by atoms with Gasteiger partial charge >= 0.3 is 0 Å². The molecule has 0 saturated heterocycles. The summed E-state index contributed by atoms with van der Waals surface area (Å²) < 4.78 is 5.63. The lowest BCUT2D eigenvalue weighted by molar-refractivity contribution is -0.141. The Hall–Kier alpha value is -2.40. The van der Waals surface area contributed by atoms with E-state index in [1.807, 2.05) is 30.4 Å². The van der Waals surface area contributed by atoms with Crippen molar-refractivity contribution in [1.29, 1.82) is 0 Å². The number of rotatable bonds is 7. The average molecular weight is 367 g/mol. The minimum atomic E-state index is -1.24. The largest absolute Gasteiger partial charge is 0.347 e. The summed E-state index contributed by atoms with van der Waals surface area (Å²) in [4.78, 5) is 17.7. The number of carbonyl (C=O) groups excluding carboxylic acids is 1. The van der Waals surface area contributed by atoms with Crippen molar-refractivity contribution in [1.82, 2.24) is 10.6 Å². The minimum Gasteiger partial charge on any atom is -0.347 e. The van der Waals surface area contributed by atoms with Gasteiger partial charge in [-0.15, -0.1) is 0 Å². The van der Waals surface area contributed by atoms with Crippen LogP contribution in [0.1, 0.15) is 32.8 Å². The van der Waals surface area contributed by atoms with Crippen molar-refractivity contribution in [2.45, 2.75) is 44.9 Å². The number of hydrogen-bond donors (Lipinski definition) is 2. The Morgan fingerprint density at radius 2 is 2.11 bits per heavy atom. The van der Waals surface area contributed by atoms with Crippen molar-refractivity contribution in [2.75, 3.05) is 13.7 Å². The van der Waals surface area contributed by atoms with Crippen molar-refractivity contribution in [3.8, 4) is 0 Å². The van der Waals surface area contributed by atoms with Crippen molar-refractivity contribution in [3.63, 3.8) is 0 Å². The number of nitrogens with zero attached hydrogens (tertiary/aromatic N) is 1. The molecule has 0 spiro atoms. The third kappa shape index (κ3) is 4.30. The van der Waals surface area contributed by atoms with Crippen LogP contribution in [0.2, 0.25) is 0 Å². The fourth-order valence-corrected chi connectivity index (χ4v) is 3.93. The molecule has 0 fully saturated rings. The number of amidine groups is 1. The van der Waals surface area contributed by atoms with E-state index in [1.165, 1.54) is 12.7 Å². The highest BCUT2D eigenvalue weighted by atomic mass is 16.5. The van der Waals surface area contributed by atoms with Gasteiger partial charge in [0, 0.05) is 18.2 Å². The van der Waals surface area contributed by atoms with Gasteiger partial charge in [-0.2, -0.15) is 0 Å². The van der Waals surface area contributed by atoms with E-state index >= 15 is 0 Å². The zero-order valence-electron chi connectivity index (χ0n) is 16.6. The van der Waals surface area contributed by atoms with Crippen LogP contribution in [0.3, 0.4) is 0 Å². The van der Waals surface area contributed by atoms with Crippen LogP contribution >= 0.6 is 0 Å². The first kappa shape index (κ1) is 19.4. The second-order valence-corrected chi connectivity index (χ2v) is 8.02. The summed E-state index contributed by atoms with van der Waals surface area (Å²) in [7, 11) is 1.54. The number of hydrogen-bond acceptors (Lipinski definition) is 4. The first-order valence-corrected chi connectivity index (χ1v) is 9.50. The number of carbonyl (C=O) groups is 1. The van der Waals surface area contributed by atoms with Gasteiger partial charge in [-0.1, -0.05) is 56.3 Å². The molecule has 2 heterocycles. The second kappa shape index (κ2) is 7.69. The van der Waals surface area contributed by atoms with E-state index in [4.69, 9.17) is 4.74 Å². The van der Waals surface area contributed by atoms with Crippen LogP contribution in [-0.2, 0) is 16.0 Å². The molecule has 27 heavy (non-hydrogen) atoms. The van der Waals surface area contributed by atoms with E-state index < -0.39 is 5.72 Å². The molecular formula is C22H29N3O2. The minimum absolute atomic E-state index is 0.200. The van der Waals surface area contributed by atoms with Gasteiger partial charge in [0.25, 0.3) is 5.91 Å². The summed E-state index contributed by atoms with van der Waals surface area (Å²) >= 11 is 0. The maximum atomic E-state index is 13.3. The van der Waals surface area contributed by atoms with E-state index in [0.29, 0.717) is 18.3 Å². The molecule has 3 rings (SSSR count). The Morgan fingerprint density at radius 1 is 1.37 bits per heavy atom. The van der Waals surface area contributed by atoms with Gasteiger partial charge in [-0.3, -0.25) is 9.79 Å². The Balaban J connectivity index is 1.83. The molecular weight excluding hydrogens is 338 g/mol. The molecule has 1 aromatic rings. The monoisotopic (exact) mass is 367 g/mol. The highest BCUT2D eigenvalue weighted by molar-refractivity contribution is 6.07. The molecule has 144 valence electrons. The van der Waals surface area contributed by atoms with Crippen LogP contribution in [0.15, 0.2) is 59.1 Å². The van der Waals surface area contributed by atoms with Crippen molar-refractivity contribution >= 4 is 11.7 Å². The molecule has 2 aliphatic rings. The predicted octanol–water partition coefficient (Wildman–Crippen LogP) is 2.99. The average Bonchev–Trinajstić information content (AvgIpc) is 3.08. The second-order valence-electron chi connectivity index (χ2n) is 8.02. The zero-order chi connectivity index (χ0) is 19.5. The first-order chi connectivity index (χ1) is 12.9. The summed E-state index contributed by atoms with van der Waals surface area (Å²) in [6.45, 7) is 7.07. The molecule has 2 aliphatic heterocycles. The van der Waals surface area contributed by atoms with E-state index in [2.05, 4.69) is 48.5 Å². The lowest BCUT2D eigenvalue weighted by Crippen LogP contribution is -2.64. The molecule has 1 amide bonds. The normalized spacial score (nSPS) is 23.1. The van der Waals surface area contributed by atoms with E-state index in [9.17, 15) is 4.79 Å².